The SMILES string of the molecule is CC(=O)Oc1ccc([CH2][Ac][CH2]C2CCCC(CN(Cc3ccc(OC(C)=O)c(OC(C)=O)c3)C(C)=O)C2)cc1C. The van der Waals surface area contributed by atoms with Gasteiger partial charge in [-0.25, -0.2) is 0 Å². The number of aryl methyl sites for hydroxylation is 1. The minimum absolute atomic E-state index is 0.00704. The zero-order valence-electron chi connectivity index (χ0n) is 24.2. The van der Waals surface area contributed by atoms with Crippen LogP contribution in [0.5, 0.6) is 17.2 Å². The summed E-state index contributed by atoms with van der Waals surface area (Å²) in [7, 11) is 0. The van der Waals surface area contributed by atoms with E-state index in [0.29, 0.717) is 24.8 Å². The zero-order valence-corrected chi connectivity index (χ0v) is 28.9. The van der Waals surface area contributed by atoms with Gasteiger partial charge < -0.3 is 0 Å². The van der Waals surface area contributed by atoms with Crippen LogP contribution in [0.15, 0.2) is 36.4 Å². The molecule has 0 N–H and O–H groups in total. The molecule has 1 saturated carbocycles. The van der Waals surface area contributed by atoms with Crippen LogP contribution in [0.2, 0.25) is 1.60 Å². The van der Waals surface area contributed by atoms with E-state index in [4.69, 9.17) is 14.2 Å². The number of ether oxygens (including phenoxy) is 3. The average Bonchev–Trinajstić information content (AvgIpc) is 2.86. The summed E-state index contributed by atoms with van der Waals surface area (Å²) in [6, 6.07) is 11.2. The van der Waals surface area contributed by atoms with Gasteiger partial charge in [0.15, 0.2) is 0 Å². The van der Waals surface area contributed by atoms with Crippen molar-refractivity contribution in [2.45, 2.75) is 70.0 Å². The zero-order chi connectivity index (χ0) is 29.2. The van der Waals surface area contributed by atoms with Crippen molar-refractivity contribution in [3.05, 3.63) is 53.1 Å². The normalized spacial score (nSPS) is 16.4. The van der Waals surface area contributed by atoms with Gasteiger partial charge in [0.1, 0.15) is 0 Å². The molecule has 1 aliphatic carbocycles. The number of rotatable bonds is 11. The number of esters is 3. The maximum absolute atomic E-state index is 12.6. The number of amides is 1. The molecule has 1 fully saturated rings. The molecule has 1 amide bonds. The summed E-state index contributed by atoms with van der Waals surface area (Å²) >= 11 is -1.08. The van der Waals surface area contributed by atoms with Gasteiger partial charge in [0.2, 0.25) is 0 Å². The molecule has 0 aliphatic heterocycles. The van der Waals surface area contributed by atoms with E-state index in [1.807, 2.05) is 17.9 Å². The van der Waals surface area contributed by atoms with Crippen LogP contribution >= 0.6 is 0 Å². The van der Waals surface area contributed by atoms with Crippen molar-refractivity contribution in [3.8, 4) is 17.2 Å². The molecule has 2 aromatic carbocycles. The molecule has 8 nitrogen and oxygen atoms in total. The van der Waals surface area contributed by atoms with Crippen molar-refractivity contribution < 1.29 is 73.1 Å². The second kappa shape index (κ2) is 15.7. The number of hydrogen-bond donors (Lipinski definition) is 0. The van der Waals surface area contributed by atoms with Gasteiger partial charge >= 0.3 is 237 Å². The van der Waals surface area contributed by atoms with Gasteiger partial charge in [0.25, 0.3) is 0 Å². The van der Waals surface area contributed by atoms with Gasteiger partial charge in [-0.15, -0.1) is 0 Å². The predicted octanol–water partition coefficient (Wildman–Crippen LogP) is 5.63. The Morgan fingerprint density at radius 1 is 0.800 bits per heavy atom. The summed E-state index contributed by atoms with van der Waals surface area (Å²) in [6.07, 6.45) is 4.73. The molecule has 40 heavy (non-hydrogen) atoms. The Kier molecular flexibility index (Phi) is 12.7. The minimum atomic E-state index is -1.08. The molecule has 9 heteroatoms. The van der Waals surface area contributed by atoms with Gasteiger partial charge in [-0.2, -0.15) is 0 Å². The van der Waals surface area contributed by atoms with Gasteiger partial charge in [-0.05, 0) is 0 Å². The second-order valence-electron chi connectivity index (χ2n) is 10.7. The molecule has 2 unspecified atom stereocenters. The first-order valence-corrected chi connectivity index (χ1v) is 20.6. The van der Waals surface area contributed by atoms with Gasteiger partial charge in [-0.1, -0.05) is 0 Å². The summed E-state index contributed by atoms with van der Waals surface area (Å²) in [4.78, 5) is 48.7. The molecule has 1 aliphatic rings. The molecule has 0 saturated heterocycles. The van der Waals surface area contributed by atoms with Crippen molar-refractivity contribution in [1.82, 2.24) is 4.90 Å². The van der Waals surface area contributed by atoms with Crippen molar-refractivity contribution in [3.63, 3.8) is 0 Å². The fourth-order valence-electron chi connectivity index (χ4n) is 5.34. The molecular formula is C31H39AcNO7. The van der Waals surface area contributed by atoms with E-state index in [1.165, 1.54) is 42.4 Å². The Labute approximate surface area is 258 Å². The van der Waals surface area contributed by atoms with E-state index in [0.717, 1.165) is 29.9 Å². The molecule has 2 atom stereocenters. The summed E-state index contributed by atoms with van der Waals surface area (Å²) in [6.45, 7) is 8.67. The molecule has 3 rings (SSSR count). The number of nitrogens with zero attached hydrogens (tertiary/aromatic N) is 1. The Hall–Kier alpha value is -2.24. The molecule has 213 valence electrons. The van der Waals surface area contributed by atoms with Gasteiger partial charge in [0, 0.05) is 13.8 Å². The molecule has 0 bridgehead atoms. The standard InChI is InChI=1S/C21H28NO5.C10H11O2.Ac/c1-14-6-5-7-18(10-14)12-22(15(2)23)13-19-8-9-20(26-16(3)24)21(11-19)27-17(4)25;1-7-4-5-10(8(2)6-7)12-9(3)11;/h8-9,11,14,18H,1,5-7,10,12-13H2,2-4H3;4-6H,1H2,2-3H3;. The van der Waals surface area contributed by atoms with Crippen LogP contribution in [0.3, 0.4) is 0 Å². The Balaban J connectivity index is 1.56. The molecule has 0 aromatic heterocycles. The van der Waals surface area contributed by atoms with E-state index < -0.39 is 51.6 Å². The molecule has 2 aromatic rings. The summed E-state index contributed by atoms with van der Waals surface area (Å²) in [5.41, 5.74) is 3.15. The first kappa shape index (κ1) is 32.3. The van der Waals surface area contributed by atoms with E-state index in [1.54, 1.807) is 25.1 Å². The summed E-state index contributed by atoms with van der Waals surface area (Å²) in [5, 5.41) is 0. The average molecular weight is 765 g/mol. The van der Waals surface area contributed by atoms with E-state index in [9.17, 15) is 19.2 Å². The fraction of sp³-hybridized carbons (Fsp3) is 0.484. The van der Waals surface area contributed by atoms with Crippen LogP contribution < -0.4 is 14.2 Å². The first-order valence-electron chi connectivity index (χ1n) is 13.8. The van der Waals surface area contributed by atoms with Crippen LogP contribution in [-0.4, -0.2) is 35.3 Å². The second-order valence-corrected chi connectivity index (χ2v) is 16.7. The van der Waals surface area contributed by atoms with Gasteiger partial charge in [-0.3, -0.25) is 9.59 Å². The molecular weight excluding hydrogens is 725 g/mol. The Morgan fingerprint density at radius 3 is 2.05 bits per heavy atom. The third kappa shape index (κ3) is 10.6. The first-order chi connectivity index (χ1) is 19.0. The molecule has 0 radical (unpaired) electrons. The van der Waals surface area contributed by atoms with Crippen LogP contribution in [0.25, 0.3) is 0 Å². The van der Waals surface area contributed by atoms with Gasteiger partial charge in [0.05, 0.1) is 0 Å². The van der Waals surface area contributed by atoms with Crippen LogP contribution in [0.4, 0.5) is 0 Å². The van der Waals surface area contributed by atoms with Crippen molar-refractivity contribution in [2.24, 2.45) is 11.8 Å². The van der Waals surface area contributed by atoms with Crippen molar-refractivity contribution in [2.75, 3.05) is 6.54 Å². The summed E-state index contributed by atoms with van der Waals surface area (Å²) in [5.74, 6) is 0.881. The Morgan fingerprint density at radius 2 is 1.40 bits per heavy atom. The van der Waals surface area contributed by atoms with Crippen LogP contribution in [0.1, 0.15) is 70.1 Å². The van der Waals surface area contributed by atoms with Crippen LogP contribution in [-0.2, 0) is 27.3 Å². The van der Waals surface area contributed by atoms with Crippen molar-refractivity contribution >= 4 is 23.8 Å². The van der Waals surface area contributed by atoms with Crippen molar-refractivity contribution in [1.29, 1.82) is 0 Å². The third-order valence-electron chi connectivity index (χ3n) is 7.08. The topological polar surface area (TPSA) is 99.2 Å². The maximum atomic E-state index is 12.6. The van der Waals surface area contributed by atoms with E-state index in [-0.39, 0.29) is 23.4 Å². The fourth-order valence-corrected chi connectivity index (χ4v) is 12.1. The quantitative estimate of drug-likeness (QED) is 0.216. The monoisotopic (exact) mass is 764 g/mol. The van der Waals surface area contributed by atoms with Crippen LogP contribution in [0, 0.1) is 58.5 Å². The van der Waals surface area contributed by atoms with E-state index >= 15 is 0 Å². The predicted molar refractivity (Wildman–Crippen MR) is 147 cm³/mol. The summed E-state index contributed by atoms with van der Waals surface area (Å²) < 4.78 is 18.2. The Bertz CT molecular complexity index is 1230. The number of carbonyl (C=O) groups is 4. The third-order valence-corrected chi connectivity index (χ3v) is 14.3. The number of hydrogen-bond acceptors (Lipinski definition) is 7. The van der Waals surface area contributed by atoms with E-state index in [2.05, 4.69) is 12.1 Å². The number of benzene rings is 2. The molecule has 0 spiro atoms. The number of carbonyl (C=O) groups excluding carboxylic acids is 4. The molecule has 0 heterocycles.